The van der Waals surface area contributed by atoms with Gasteiger partial charge in [-0.2, -0.15) is 0 Å². The highest BCUT2D eigenvalue weighted by atomic mass is 16.2. The van der Waals surface area contributed by atoms with Crippen LogP contribution in [0.15, 0.2) is 42.6 Å². The first-order chi connectivity index (χ1) is 9.52. The first-order valence-electron chi connectivity index (χ1n) is 6.58. The highest BCUT2D eigenvalue weighted by Gasteiger charge is 2.32. The Balaban J connectivity index is 2.21. The van der Waals surface area contributed by atoms with Crippen LogP contribution in [0.3, 0.4) is 0 Å². The van der Waals surface area contributed by atoms with Gasteiger partial charge in [0.2, 0.25) is 0 Å². The second-order valence-corrected chi connectivity index (χ2v) is 5.01. The van der Waals surface area contributed by atoms with Crippen molar-refractivity contribution in [1.82, 2.24) is 10.2 Å². The molecule has 1 heterocycles. The molecule has 1 aliphatic rings. The first kappa shape index (κ1) is 14.1. The molecule has 0 aliphatic carbocycles. The molecule has 1 fully saturated rings. The SMILES string of the molecule is C=CCN1C(=O)N/C(=C\c2ccc(C(C)C)cc2)C1=O. The molecule has 0 saturated carbocycles. The van der Waals surface area contributed by atoms with E-state index in [1.54, 1.807) is 6.08 Å². The van der Waals surface area contributed by atoms with E-state index >= 15 is 0 Å². The molecule has 104 valence electrons. The molecule has 1 aromatic rings. The number of rotatable bonds is 4. The van der Waals surface area contributed by atoms with Crippen LogP contribution in [0.4, 0.5) is 4.79 Å². The molecule has 0 unspecified atom stereocenters. The lowest BCUT2D eigenvalue weighted by molar-refractivity contribution is -0.122. The summed E-state index contributed by atoms with van der Waals surface area (Å²) in [4.78, 5) is 24.8. The third-order valence-corrected chi connectivity index (χ3v) is 3.19. The Bertz CT molecular complexity index is 571. The van der Waals surface area contributed by atoms with E-state index in [1.807, 2.05) is 24.3 Å². The third-order valence-electron chi connectivity index (χ3n) is 3.19. The summed E-state index contributed by atoms with van der Waals surface area (Å²) in [6.45, 7) is 8.00. The molecule has 4 nitrogen and oxygen atoms in total. The molecule has 3 amide bonds. The summed E-state index contributed by atoms with van der Waals surface area (Å²) in [5, 5.41) is 2.58. The van der Waals surface area contributed by atoms with Crippen molar-refractivity contribution in [1.29, 1.82) is 0 Å². The molecule has 1 aromatic carbocycles. The minimum atomic E-state index is -0.403. The van der Waals surface area contributed by atoms with Gasteiger partial charge >= 0.3 is 6.03 Å². The number of hydrogen-bond donors (Lipinski definition) is 1. The Labute approximate surface area is 118 Å². The van der Waals surface area contributed by atoms with Gasteiger partial charge in [-0.05, 0) is 23.1 Å². The van der Waals surface area contributed by atoms with Gasteiger partial charge in [-0.1, -0.05) is 44.2 Å². The fraction of sp³-hybridized carbons (Fsp3) is 0.250. The zero-order chi connectivity index (χ0) is 14.7. The molecular weight excluding hydrogens is 252 g/mol. The summed E-state index contributed by atoms with van der Waals surface area (Å²) in [5.41, 5.74) is 2.43. The molecule has 0 radical (unpaired) electrons. The summed E-state index contributed by atoms with van der Waals surface area (Å²) in [5.74, 6) is 0.149. The summed E-state index contributed by atoms with van der Waals surface area (Å²) >= 11 is 0. The van der Waals surface area contributed by atoms with Crippen LogP contribution in [0, 0.1) is 0 Å². The number of benzene rings is 1. The van der Waals surface area contributed by atoms with Gasteiger partial charge in [0.15, 0.2) is 0 Å². The largest absolute Gasteiger partial charge is 0.329 e. The van der Waals surface area contributed by atoms with Crippen molar-refractivity contribution in [2.45, 2.75) is 19.8 Å². The number of urea groups is 1. The van der Waals surface area contributed by atoms with Gasteiger partial charge < -0.3 is 5.32 Å². The summed E-state index contributed by atoms with van der Waals surface area (Å²) in [7, 11) is 0. The zero-order valence-electron chi connectivity index (χ0n) is 11.7. The van der Waals surface area contributed by atoms with Gasteiger partial charge in [0.1, 0.15) is 5.70 Å². The van der Waals surface area contributed by atoms with Crippen LogP contribution in [0.2, 0.25) is 0 Å². The van der Waals surface area contributed by atoms with E-state index < -0.39 is 6.03 Å². The molecule has 4 heteroatoms. The van der Waals surface area contributed by atoms with Gasteiger partial charge in [0, 0.05) is 6.54 Å². The van der Waals surface area contributed by atoms with E-state index in [1.165, 1.54) is 11.6 Å². The average Bonchev–Trinajstić information content (AvgIpc) is 2.67. The Morgan fingerprint density at radius 2 is 1.90 bits per heavy atom. The molecule has 1 N–H and O–H groups in total. The fourth-order valence-electron chi connectivity index (χ4n) is 2.01. The number of carbonyl (C=O) groups excluding carboxylic acids is 2. The number of imide groups is 1. The van der Waals surface area contributed by atoms with E-state index in [-0.39, 0.29) is 12.5 Å². The quantitative estimate of drug-likeness (QED) is 0.519. The van der Waals surface area contributed by atoms with Gasteiger partial charge in [-0.25, -0.2) is 4.79 Å². The lowest BCUT2D eigenvalue weighted by atomic mass is 10.0. The molecule has 1 aliphatic heterocycles. The summed E-state index contributed by atoms with van der Waals surface area (Å²) in [6.07, 6.45) is 3.21. The van der Waals surface area contributed by atoms with Crippen molar-refractivity contribution in [3.05, 3.63) is 53.7 Å². The predicted octanol–water partition coefficient (Wildman–Crippen LogP) is 2.89. The van der Waals surface area contributed by atoms with Crippen LogP contribution in [0.1, 0.15) is 30.9 Å². The normalized spacial score (nSPS) is 16.9. The molecule has 0 spiro atoms. The van der Waals surface area contributed by atoms with E-state index in [4.69, 9.17) is 0 Å². The maximum Gasteiger partial charge on any atom is 0.329 e. The van der Waals surface area contributed by atoms with E-state index in [0.29, 0.717) is 11.6 Å². The molecular formula is C16H18N2O2. The fourth-order valence-corrected chi connectivity index (χ4v) is 2.01. The topological polar surface area (TPSA) is 49.4 Å². The minimum absolute atomic E-state index is 0.217. The number of hydrogen-bond acceptors (Lipinski definition) is 2. The maximum atomic E-state index is 12.0. The second kappa shape index (κ2) is 5.74. The third kappa shape index (κ3) is 2.79. The number of nitrogens with one attached hydrogen (secondary N) is 1. The highest BCUT2D eigenvalue weighted by Crippen LogP contribution is 2.18. The molecule has 0 atom stereocenters. The summed E-state index contributed by atoms with van der Waals surface area (Å²) < 4.78 is 0. The van der Waals surface area contributed by atoms with Gasteiger partial charge in [0.05, 0.1) is 0 Å². The molecule has 0 bridgehead atoms. The van der Waals surface area contributed by atoms with Crippen LogP contribution < -0.4 is 5.32 Å². The number of carbonyl (C=O) groups is 2. The van der Waals surface area contributed by atoms with Gasteiger partial charge in [-0.15, -0.1) is 6.58 Å². The summed E-state index contributed by atoms with van der Waals surface area (Å²) in [6, 6.07) is 7.54. The molecule has 2 rings (SSSR count). The lowest BCUT2D eigenvalue weighted by Crippen LogP contribution is -2.30. The Morgan fingerprint density at radius 3 is 2.45 bits per heavy atom. The standard InChI is InChI=1S/C16H18N2O2/c1-4-9-18-15(19)14(17-16(18)20)10-12-5-7-13(8-6-12)11(2)3/h4-8,10-11H,1,9H2,2-3H3,(H,17,20)/b14-10-. The van der Waals surface area contributed by atoms with Crippen molar-refractivity contribution in [2.24, 2.45) is 0 Å². The van der Waals surface area contributed by atoms with Crippen molar-refractivity contribution >= 4 is 18.0 Å². The number of nitrogens with zero attached hydrogens (tertiary/aromatic N) is 1. The van der Waals surface area contributed by atoms with Crippen molar-refractivity contribution < 1.29 is 9.59 Å². The zero-order valence-corrected chi connectivity index (χ0v) is 11.7. The predicted molar refractivity (Wildman–Crippen MR) is 78.9 cm³/mol. The molecule has 0 aromatic heterocycles. The Morgan fingerprint density at radius 1 is 1.25 bits per heavy atom. The molecule has 20 heavy (non-hydrogen) atoms. The van der Waals surface area contributed by atoms with Crippen molar-refractivity contribution in [2.75, 3.05) is 6.54 Å². The minimum Gasteiger partial charge on any atom is -0.303 e. The van der Waals surface area contributed by atoms with Crippen molar-refractivity contribution in [3.63, 3.8) is 0 Å². The molecule has 1 saturated heterocycles. The van der Waals surface area contributed by atoms with Crippen LogP contribution in [0.25, 0.3) is 6.08 Å². The Kier molecular flexibility index (Phi) is 4.03. The van der Waals surface area contributed by atoms with Crippen molar-refractivity contribution in [3.8, 4) is 0 Å². The van der Waals surface area contributed by atoms with E-state index in [9.17, 15) is 9.59 Å². The van der Waals surface area contributed by atoms with Crippen LogP contribution in [-0.2, 0) is 4.79 Å². The highest BCUT2D eigenvalue weighted by molar-refractivity contribution is 6.14. The van der Waals surface area contributed by atoms with E-state index in [2.05, 4.69) is 25.7 Å². The smallest absolute Gasteiger partial charge is 0.303 e. The first-order valence-corrected chi connectivity index (χ1v) is 6.58. The maximum absolute atomic E-state index is 12.0. The van der Waals surface area contributed by atoms with Crippen LogP contribution in [-0.4, -0.2) is 23.4 Å². The lowest BCUT2D eigenvalue weighted by Gasteiger charge is -2.07. The van der Waals surface area contributed by atoms with Crippen LogP contribution >= 0.6 is 0 Å². The van der Waals surface area contributed by atoms with Gasteiger partial charge in [0.25, 0.3) is 5.91 Å². The Hall–Kier alpha value is -2.36. The second-order valence-electron chi connectivity index (χ2n) is 5.01. The van der Waals surface area contributed by atoms with Gasteiger partial charge in [-0.3, -0.25) is 9.69 Å². The average molecular weight is 270 g/mol. The monoisotopic (exact) mass is 270 g/mol. The van der Waals surface area contributed by atoms with E-state index in [0.717, 1.165) is 10.5 Å². The number of amides is 3. The van der Waals surface area contributed by atoms with Crippen LogP contribution in [0.5, 0.6) is 0 Å².